The number of nitrogens with one attached hydrogen (secondary N) is 3. The molecular formula is C33H57N9O6. The number of aliphatic imine (C=N–C) groups is 1. The van der Waals surface area contributed by atoms with Gasteiger partial charge < -0.3 is 43.2 Å². The van der Waals surface area contributed by atoms with E-state index in [4.69, 9.17) is 17.2 Å². The van der Waals surface area contributed by atoms with Gasteiger partial charge in [0.1, 0.15) is 24.2 Å². The highest BCUT2D eigenvalue weighted by atomic mass is 16.4. The zero-order valence-electron chi connectivity index (χ0n) is 29.4. The fraction of sp³-hybridized carbons (Fsp3) is 0.636. The standard InChI is InChI=1S/C33H57N9O6/c1-8-21(4)27(30(45)39-26(32(47)48)18-23-13-10-9-11-14-23)40-29(44)25(17-20(2)3)38-28(43)22(5)42(19-41(6)7)31(46)24(34)15-12-16-37-33(35)36/h9-11,13-14,20-22,24-27H,8,12,15-19,34H2,1-7H3,(H,38,43)(H,39,45)(H,40,44)(H,47,48)(H4,35,36,37)/t21-,22-,24-,25-,26-,27-/m0/s1. The van der Waals surface area contributed by atoms with Gasteiger partial charge in [0.05, 0.1) is 12.7 Å². The van der Waals surface area contributed by atoms with Gasteiger partial charge >= 0.3 is 5.97 Å². The number of carboxylic acids is 1. The highest BCUT2D eigenvalue weighted by molar-refractivity contribution is 5.95. The third-order valence-electron chi connectivity index (χ3n) is 7.88. The average Bonchev–Trinajstić information content (AvgIpc) is 3.02. The van der Waals surface area contributed by atoms with Gasteiger partial charge in [-0.15, -0.1) is 0 Å². The molecule has 0 aromatic heterocycles. The maximum Gasteiger partial charge on any atom is 0.326 e. The Morgan fingerprint density at radius 2 is 1.50 bits per heavy atom. The Morgan fingerprint density at radius 3 is 2.02 bits per heavy atom. The number of nitrogens with zero attached hydrogens (tertiary/aromatic N) is 3. The van der Waals surface area contributed by atoms with Gasteiger partial charge in [-0.2, -0.15) is 0 Å². The van der Waals surface area contributed by atoms with Gasteiger partial charge in [0, 0.05) is 13.0 Å². The first-order valence-corrected chi connectivity index (χ1v) is 16.4. The van der Waals surface area contributed by atoms with Gasteiger partial charge in [-0.3, -0.25) is 29.1 Å². The lowest BCUT2D eigenvalue weighted by molar-refractivity contribution is -0.144. The highest BCUT2D eigenvalue weighted by Gasteiger charge is 2.35. The van der Waals surface area contributed by atoms with Crippen LogP contribution in [0.25, 0.3) is 0 Å². The lowest BCUT2D eigenvalue weighted by Crippen LogP contribution is -2.60. The fourth-order valence-electron chi connectivity index (χ4n) is 4.95. The molecule has 0 fully saturated rings. The largest absolute Gasteiger partial charge is 0.480 e. The summed E-state index contributed by atoms with van der Waals surface area (Å²) in [6, 6.07) is 3.70. The number of carboxylic acid groups (broad SMARTS) is 1. The average molecular weight is 676 g/mol. The second-order valence-electron chi connectivity index (χ2n) is 12.9. The quantitative estimate of drug-likeness (QED) is 0.0398. The third kappa shape index (κ3) is 14.7. The maximum atomic E-state index is 13.7. The van der Waals surface area contributed by atoms with Crippen molar-refractivity contribution in [3.63, 3.8) is 0 Å². The van der Waals surface area contributed by atoms with E-state index in [9.17, 15) is 29.1 Å². The van der Waals surface area contributed by atoms with Gasteiger partial charge in [-0.1, -0.05) is 64.4 Å². The van der Waals surface area contributed by atoms with E-state index in [0.717, 1.165) is 5.56 Å². The topological polar surface area (TPSA) is 239 Å². The van der Waals surface area contributed by atoms with Crippen LogP contribution in [-0.2, 0) is 30.4 Å². The van der Waals surface area contributed by atoms with Crippen LogP contribution >= 0.6 is 0 Å². The molecule has 1 aromatic carbocycles. The molecule has 1 aromatic rings. The van der Waals surface area contributed by atoms with Gasteiger partial charge in [-0.05, 0) is 57.7 Å². The van der Waals surface area contributed by atoms with Crippen LogP contribution in [0.5, 0.6) is 0 Å². The molecule has 10 N–H and O–H groups in total. The van der Waals surface area contributed by atoms with Crippen molar-refractivity contribution < 1.29 is 29.1 Å². The molecule has 0 unspecified atom stereocenters. The summed E-state index contributed by atoms with van der Waals surface area (Å²) in [7, 11) is 3.50. The zero-order chi connectivity index (χ0) is 36.6. The minimum atomic E-state index is -1.21. The Labute approximate surface area is 284 Å². The minimum absolute atomic E-state index is 0.0207. The van der Waals surface area contributed by atoms with Crippen LogP contribution in [0, 0.1) is 11.8 Å². The summed E-state index contributed by atoms with van der Waals surface area (Å²) >= 11 is 0. The predicted octanol–water partition coefficient (Wildman–Crippen LogP) is -0.0226. The highest BCUT2D eigenvalue weighted by Crippen LogP contribution is 2.14. The number of amides is 4. The van der Waals surface area contributed by atoms with Gasteiger partial charge in [0.15, 0.2) is 5.96 Å². The first kappa shape index (κ1) is 41.8. The van der Waals surface area contributed by atoms with Crippen molar-refractivity contribution in [1.29, 1.82) is 0 Å². The number of guanidine groups is 1. The van der Waals surface area contributed by atoms with E-state index >= 15 is 0 Å². The first-order chi connectivity index (χ1) is 22.5. The molecule has 0 aliphatic heterocycles. The van der Waals surface area contributed by atoms with Crippen LogP contribution in [0.3, 0.4) is 0 Å². The Kier molecular flexibility index (Phi) is 18.2. The number of nitrogens with two attached hydrogens (primary N) is 3. The molecule has 0 saturated carbocycles. The number of aliphatic carboxylic acids is 1. The summed E-state index contributed by atoms with van der Waals surface area (Å²) in [6.07, 6.45) is 1.58. The lowest BCUT2D eigenvalue weighted by atomic mass is 9.96. The second kappa shape index (κ2) is 20.9. The van der Waals surface area contributed by atoms with E-state index in [0.29, 0.717) is 25.8 Å². The Bertz CT molecular complexity index is 1220. The van der Waals surface area contributed by atoms with Crippen molar-refractivity contribution in [2.75, 3.05) is 27.3 Å². The summed E-state index contributed by atoms with van der Waals surface area (Å²) in [5.74, 6) is -3.88. The summed E-state index contributed by atoms with van der Waals surface area (Å²) in [5.41, 5.74) is 17.6. The summed E-state index contributed by atoms with van der Waals surface area (Å²) in [6.45, 7) is 9.37. The van der Waals surface area contributed by atoms with Gasteiger partial charge in [-0.25, -0.2) is 4.79 Å². The SMILES string of the molecule is CC[C@H](C)[C@H](NC(=O)[C@H](CC(C)C)NC(=O)[C@H](C)N(CN(C)C)C(=O)[C@@H](N)CCCN=C(N)N)C(=O)N[C@@H](Cc1ccccc1)C(=O)O. The second-order valence-corrected chi connectivity index (χ2v) is 12.9. The molecule has 15 heteroatoms. The molecule has 0 aliphatic carbocycles. The van der Waals surface area contributed by atoms with Crippen molar-refractivity contribution in [1.82, 2.24) is 25.8 Å². The number of carbonyl (C=O) groups is 5. The third-order valence-corrected chi connectivity index (χ3v) is 7.88. The van der Waals surface area contributed by atoms with Crippen molar-refractivity contribution in [3.8, 4) is 0 Å². The van der Waals surface area contributed by atoms with Crippen LogP contribution in [-0.4, -0.2) is 108 Å². The van der Waals surface area contributed by atoms with E-state index < -0.39 is 59.8 Å². The molecule has 270 valence electrons. The zero-order valence-corrected chi connectivity index (χ0v) is 29.4. The molecule has 15 nitrogen and oxygen atoms in total. The molecular weight excluding hydrogens is 618 g/mol. The van der Waals surface area contributed by atoms with Crippen molar-refractivity contribution >= 4 is 35.6 Å². The molecule has 0 radical (unpaired) electrons. The molecule has 0 saturated heterocycles. The van der Waals surface area contributed by atoms with Crippen LogP contribution < -0.4 is 33.2 Å². The number of carbonyl (C=O) groups excluding carboxylic acids is 4. The van der Waals surface area contributed by atoms with Crippen LogP contribution in [0.1, 0.15) is 65.9 Å². The summed E-state index contributed by atoms with van der Waals surface area (Å²) in [4.78, 5) is 73.1. The van der Waals surface area contributed by atoms with E-state index in [1.165, 1.54) is 4.90 Å². The Balaban J connectivity index is 3.15. The summed E-state index contributed by atoms with van der Waals surface area (Å²) < 4.78 is 0. The van der Waals surface area contributed by atoms with E-state index in [1.807, 2.05) is 26.8 Å². The molecule has 4 amide bonds. The molecule has 0 bridgehead atoms. The number of hydrogen-bond acceptors (Lipinski definition) is 8. The van der Waals surface area contributed by atoms with E-state index in [2.05, 4.69) is 20.9 Å². The normalized spacial score (nSPS) is 15.0. The molecule has 0 spiro atoms. The number of benzene rings is 1. The Hall–Kier alpha value is -4.24. The fourth-order valence-corrected chi connectivity index (χ4v) is 4.95. The van der Waals surface area contributed by atoms with E-state index in [1.54, 1.807) is 57.1 Å². The number of rotatable bonds is 21. The molecule has 0 aliphatic rings. The van der Waals surface area contributed by atoms with Crippen molar-refractivity contribution in [2.45, 2.75) is 96.9 Å². The monoisotopic (exact) mass is 675 g/mol. The molecule has 6 atom stereocenters. The molecule has 48 heavy (non-hydrogen) atoms. The summed E-state index contributed by atoms with van der Waals surface area (Å²) in [5, 5.41) is 18.0. The molecule has 0 heterocycles. The van der Waals surface area contributed by atoms with Gasteiger partial charge in [0.2, 0.25) is 23.6 Å². The predicted molar refractivity (Wildman–Crippen MR) is 185 cm³/mol. The lowest BCUT2D eigenvalue weighted by Gasteiger charge is -2.34. The van der Waals surface area contributed by atoms with Crippen LogP contribution in [0.2, 0.25) is 0 Å². The molecule has 1 rings (SSSR count). The van der Waals surface area contributed by atoms with Crippen LogP contribution in [0.4, 0.5) is 0 Å². The van der Waals surface area contributed by atoms with Gasteiger partial charge in [0.25, 0.3) is 0 Å². The van der Waals surface area contributed by atoms with Crippen molar-refractivity contribution in [2.24, 2.45) is 34.0 Å². The maximum absolute atomic E-state index is 13.7. The minimum Gasteiger partial charge on any atom is -0.480 e. The Morgan fingerprint density at radius 1 is 0.896 bits per heavy atom. The number of hydrogen-bond donors (Lipinski definition) is 7. The smallest absolute Gasteiger partial charge is 0.326 e. The first-order valence-electron chi connectivity index (χ1n) is 16.4. The van der Waals surface area contributed by atoms with Crippen LogP contribution in [0.15, 0.2) is 35.3 Å². The van der Waals surface area contributed by atoms with Crippen molar-refractivity contribution in [3.05, 3.63) is 35.9 Å². The van der Waals surface area contributed by atoms with E-state index in [-0.39, 0.29) is 37.3 Å².